The summed E-state index contributed by atoms with van der Waals surface area (Å²) in [6, 6.07) is 1.66. The molecule has 0 bridgehead atoms. The van der Waals surface area contributed by atoms with Crippen molar-refractivity contribution >= 4 is 5.97 Å². The lowest BCUT2D eigenvalue weighted by molar-refractivity contribution is -0.138. The molecule has 1 aromatic rings. The summed E-state index contributed by atoms with van der Waals surface area (Å²) in [5.74, 6) is -2.20. The zero-order valence-electron chi connectivity index (χ0n) is 9.67. The molecule has 88 valence electrons. The monoisotopic (exact) mass is 225 g/mol. The quantitative estimate of drug-likeness (QED) is 0.825. The highest BCUT2D eigenvalue weighted by Crippen LogP contribution is 2.27. The third-order valence-electron chi connectivity index (χ3n) is 2.82. The Hall–Kier alpha value is -1.42. The topological polar surface area (TPSA) is 63.3 Å². The third-order valence-corrected chi connectivity index (χ3v) is 2.82. The summed E-state index contributed by atoms with van der Waals surface area (Å²) in [6.07, 6.45) is 0. The summed E-state index contributed by atoms with van der Waals surface area (Å²) in [4.78, 5) is 11.0. The second kappa shape index (κ2) is 4.61. The van der Waals surface area contributed by atoms with Crippen LogP contribution in [0.5, 0.6) is 0 Å². The summed E-state index contributed by atoms with van der Waals surface area (Å²) in [5, 5.41) is 9.03. The molecule has 4 heteroatoms. The number of halogens is 1. The van der Waals surface area contributed by atoms with E-state index in [1.165, 1.54) is 0 Å². The van der Waals surface area contributed by atoms with Crippen LogP contribution < -0.4 is 5.73 Å². The van der Waals surface area contributed by atoms with Gasteiger partial charge in [-0.1, -0.05) is 6.07 Å². The molecule has 1 unspecified atom stereocenters. The van der Waals surface area contributed by atoms with Crippen LogP contribution in [0, 0.1) is 26.6 Å². The van der Waals surface area contributed by atoms with Crippen LogP contribution in [-0.4, -0.2) is 17.6 Å². The molecule has 1 atom stereocenters. The molecule has 0 aliphatic heterocycles. The Morgan fingerprint density at radius 2 is 2.00 bits per heavy atom. The highest BCUT2D eigenvalue weighted by atomic mass is 19.1. The number of carbonyl (C=O) groups is 1. The van der Waals surface area contributed by atoms with Crippen molar-refractivity contribution in [2.75, 3.05) is 6.54 Å². The van der Waals surface area contributed by atoms with Crippen molar-refractivity contribution in [3.05, 3.63) is 34.1 Å². The molecule has 0 saturated heterocycles. The molecule has 0 heterocycles. The molecule has 0 amide bonds. The van der Waals surface area contributed by atoms with Crippen molar-refractivity contribution in [2.24, 2.45) is 5.73 Å². The van der Waals surface area contributed by atoms with Gasteiger partial charge in [0, 0.05) is 6.54 Å². The molecule has 0 aromatic heterocycles. The molecular formula is C12H16FNO2. The zero-order valence-corrected chi connectivity index (χ0v) is 9.67. The molecule has 0 saturated carbocycles. The highest BCUT2D eigenvalue weighted by Gasteiger charge is 2.24. The van der Waals surface area contributed by atoms with E-state index in [4.69, 9.17) is 10.8 Å². The van der Waals surface area contributed by atoms with Crippen molar-refractivity contribution in [3.63, 3.8) is 0 Å². The van der Waals surface area contributed by atoms with Gasteiger partial charge < -0.3 is 10.8 Å². The minimum atomic E-state index is -1.02. The normalized spacial score (nSPS) is 12.6. The highest BCUT2D eigenvalue weighted by molar-refractivity contribution is 5.77. The van der Waals surface area contributed by atoms with Crippen LogP contribution in [0.25, 0.3) is 0 Å². The Kier molecular flexibility index (Phi) is 3.65. The fourth-order valence-electron chi connectivity index (χ4n) is 2.05. The Morgan fingerprint density at radius 3 is 2.44 bits per heavy atom. The summed E-state index contributed by atoms with van der Waals surface area (Å²) >= 11 is 0. The number of aryl methyl sites for hydroxylation is 2. The number of benzene rings is 1. The van der Waals surface area contributed by atoms with Gasteiger partial charge in [0.25, 0.3) is 0 Å². The predicted octanol–water partition coefficient (Wildman–Crippen LogP) is 1.88. The lowest BCUT2D eigenvalue weighted by Gasteiger charge is -2.18. The van der Waals surface area contributed by atoms with Crippen molar-refractivity contribution in [1.29, 1.82) is 0 Å². The zero-order chi connectivity index (χ0) is 12.5. The molecule has 0 fully saturated rings. The molecule has 0 aliphatic rings. The number of hydrogen-bond donors (Lipinski definition) is 2. The minimum absolute atomic E-state index is 0.0283. The minimum Gasteiger partial charge on any atom is -0.481 e. The van der Waals surface area contributed by atoms with E-state index >= 15 is 0 Å². The first-order valence-corrected chi connectivity index (χ1v) is 5.09. The molecule has 0 aliphatic carbocycles. The molecule has 3 nitrogen and oxygen atoms in total. The van der Waals surface area contributed by atoms with Crippen molar-refractivity contribution in [2.45, 2.75) is 26.7 Å². The van der Waals surface area contributed by atoms with E-state index in [1.807, 2.05) is 0 Å². The maximum Gasteiger partial charge on any atom is 0.312 e. The Balaban J connectivity index is 3.43. The van der Waals surface area contributed by atoms with E-state index in [9.17, 15) is 9.18 Å². The largest absolute Gasteiger partial charge is 0.481 e. The number of nitrogens with two attached hydrogens (primary N) is 1. The van der Waals surface area contributed by atoms with Crippen LogP contribution in [0.1, 0.15) is 28.2 Å². The van der Waals surface area contributed by atoms with Crippen LogP contribution >= 0.6 is 0 Å². The predicted molar refractivity (Wildman–Crippen MR) is 60.0 cm³/mol. The smallest absolute Gasteiger partial charge is 0.312 e. The molecule has 0 spiro atoms. The number of carboxylic acid groups (broad SMARTS) is 1. The van der Waals surface area contributed by atoms with Crippen LogP contribution in [0.3, 0.4) is 0 Å². The van der Waals surface area contributed by atoms with E-state index in [-0.39, 0.29) is 12.4 Å². The average Bonchev–Trinajstić information content (AvgIpc) is 2.20. The van der Waals surface area contributed by atoms with E-state index in [2.05, 4.69) is 0 Å². The van der Waals surface area contributed by atoms with Gasteiger partial charge in [0.05, 0.1) is 5.92 Å². The summed E-state index contributed by atoms with van der Waals surface area (Å²) in [7, 11) is 0. The van der Waals surface area contributed by atoms with Gasteiger partial charge in [0.1, 0.15) is 5.82 Å². The number of rotatable bonds is 3. The van der Waals surface area contributed by atoms with Crippen LogP contribution in [0.4, 0.5) is 4.39 Å². The van der Waals surface area contributed by atoms with Crippen LogP contribution in [-0.2, 0) is 4.79 Å². The van der Waals surface area contributed by atoms with Crippen molar-refractivity contribution < 1.29 is 14.3 Å². The SMILES string of the molecule is Cc1cc(C)c(C(CN)C(=O)O)c(C)c1F. The standard InChI is InChI=1S/C12H16FNO2/c1-6-4-7(2)11(13)8(3)10(6)9(5-14)12(15)16/h4,9H,5,14H2,1-3H3,(H,15,16). The maximum atomic E-state index is 13.7. The fourth-order valence-corrected chi connectivity index (χ4v) is 2.05. The summed E-state index contributed by atoms with van der Waals surface area (Å²) < 4.78 is 13.7. The number of carboxylic acids is 1. The number of aliphatic carboxylic acids is 1. The second-order valence-corrected chi connectivity index (χ2v) is 3.99. The Labute approximate surface area is 94.1 Å². The second-order valence-electron chi connectivity index (χ2n) is 3.99. The lowest BCUT2D eigenvalue weighted by atomic mass is 9.89. The maximum absolute atomic E-state index is 13.7. The molecule has 1 rings (SSSR count). The van der Waals surface area contributed by atoms with Gasteiger partial charge in [-0.15, -0.1) is 0 Å². The van der Waals surface area contributed by atoms with E-state index in [0.29, 0.717) is 16.7 Å². The van der Waals surface area contributed by atoms with Gasteiger partial charge >= 0.3 is 5.97 Å². The van der Waals surface area contributed by atoms with E-state index < -0.39 is 11.9 Å². The van der Waals surface area contributed by atoms with E-state index in [0.717, 1.165) is 5.56 Å². The molecular weight excluding hydrogens is 209 g/mol. The molecule has 1 aromatic carbocycles. The van der Waals surface area contributed by atoms with Crippen LogP contribution in [0.2, 0.25) is 0 Å². The Morgan fingerprint density at radius 1 is 1.44 bits per heavy atom. The van der Waals surface area contributed by atoms with Gasteiger partial charge in [0.2, 0.25) is 0 Å². The summed E-state index contributed by atoms with van der Waals surface area (Å²) in [5.41, 5.74) is 7.61. The third kappa shape index (κ3) is 2.07. The number of hydrogen-bond acceptors (Lipinski definition) is 2. The lowest BCUT2D eigenvalue weighted by Crippen LogP contribution is -2.23. The van der Waals surface area contributed by atoms with Crippen molar-refractivity contribution in [3.8, 4) is 0 Å². The van der Waals surface area contributed by atoms with Crippen molar-refractivity contribution in [1.82, 2.24) is 0 Å². The molecule has 0 radical (unpaired) electrons. The van der Waals surface area contributed by atoms with Gasteiger partial charge in [-0.25, -0.2) is 4.39 Å². The average molecular weight is 225 g/mol. The summed E-state index contributed by atoms with van der Waals surface area (Å²) in [6.45, 7) is 5.01. The Bertz CT molecular complexity index is 430. The first kappa shape index (κ1) is 12.6. The van der Waals surface area contributed by atoms with Gasteiger partial charge in [0.15, 0.2) is 0 Å². The first-order valence-electron chi connectivity index (χ1n) is 5.09. The molecule has 16 heavy (non-hydrogen) atoms. The van der Waals surface area contributed by atoms with Gasteiger partial charge in [-0.2, -0.15) is 0 Å². The van der Waals surface area contributed by atoms with Gasteiger partial charge in [-0.3, -0.25) is 4.79 Å². The van der Waals surface area contributed by atoms with Crippen LogP contribution in [0.15, 0.2) is 6.07 Å². The van der Waals surface area contributed by atoms with E-state index in [1.54, 1.807) is 26.8 Å². The van der Waals surface area contributed by atoms with Gasteiger partial charge in [-0.05, 0) is 43.0 Å². The molecule has 3 N–H and O–H groups in total. The fraction of sp³-hybridized carbons (Fsp3) is 0.417. The first-order chi connectivity index (χ1) is 7.40.